The molecule has 86 valence electrons. The van der Waals surface area contributed by atoms with Crippen LogP contribution in [0.2, 0.25) is 0 Å². The van der Waals surface area contributed by atoms with Gasteiger partial charge in [0.1, 0.15) is 5.75 Å². The normalized spacial score (nSPS) is 9.33. The van der Waals surface area contributed by atoms with Gasteiger partial charge in [-0.3, -0.25) is 0 Å². The minimum atomic E-state index is -2.44. The molecule has 0 N–H and O–H groups in total. The number of hydrogen-bond donors (Lipinski definition) is 0. The van der Waals surface area contributed by atoms with Crippen molar-refractivity contribution >= 4 is 7.32 Å². The van der Waals surface area contributed by atoms with Crippen LogP contribution in [0.3, 0.4) is 0 Å². The average Bonchev–Trinajstić information content (AvgIpc) is 2.24. The largest absolute Gasteiger partial charge is 1.00 e. The van der Waals surface area contributed by atoms with E-state index in [1.807, 2.05) is 25.1 Å². The van der Waals surface area contributed by atoms with Crippen molar-refractivity contribution in [2.45, 2.75) is 13.5 Å². The number of nitrogens with zero attached hydrogens (tertiary/aromatic N) is 2. The van der Waals surface area contributed by atoms with Crippen LogP contribution in [0.4, 0.5) is 0 Å². The van der Waals surface area contributed by atoms with Crippen LogP contribution in [-0.4, -0.2) is 14.4 Å². The molecule has 0 aliphatic heterocycles. The van der Waals surface area contributed by atoms with Gasteiger partial charge in [-0.05, 0) is 17.8 Å². The van der Waals surface area contributed by atoms with Gasteiger partial charge < -0.3 is 19.5 Å². The van der Waals surface area contributed by atoms with E-state index in [0.717, 1.165) is 11.1 Å². The van der Waals surface area contributed by atoms with Gasteiger partial charge in [-0.15, -0.1) is 0 Å². The molecule has 0 atom stereocenters. The van der Waals surface area contributed by atoms with E-state index in [-0.39, 0.29) is 65.7 Å². The Morgan fingerprint density at radius 3 is 2.50 bits per heavy atom. The molecule has 0 aromatic heterocycles. The molecule has 0 bridgehead atoms. The average molecular weight is 268 g/mol. The number of aryl methyl sites for hydroxylation is 1. The van der Waals surface area contributed by atoms with Crippen molar-refractivity contribution in [2.24, 2.45) is 10.4 Å². The first kappa shape index (κ1) is 20.7. The number of benzene rings is 1. The zero-order valence-electron chi connectivity index (χ0n) is 11.0. The van der Waals surface area contributed by atoms with Crippen molar-refractivity contribution in [2.75, 3.05) is 7.11 Å². The molecule has 0 unspecified atom stereocenters. The molecule has 1 aromatic carbocycles. The Morgan fingerprint density at radius 1 is 1.28 bits per heavy atom. The van der Waals surface area contributed by atoms with E-state index in [4.69, 9.17) is 4.74 Å². The second-order valence-corrected chi connectivity index (χ2v) is 3.04. The number of rotatable bonds is 5. The van der Waals surface area contributed by atoms with Crippen molar-refractivity contribution < 1.29 is 78.7 Å². The first-order valence-electron chi connectivity index (χ1n) is 4.62. The Bertz CT molecular complexity index is 380. The summed E-state index contributed by atoms with van der Waals surface area (Å²) in [5, 5.41) is 26.5. The summed E-state index contributed by atoms with van der Waals surface area (Å²) < 4.78 is 9.06. The maximum absolute atomic E-state index is 9.96. The van der Waals surface area contributed by atoms with E-state index in [2.05, 4.69) is 15.1 Å². The van der Waals surface area contributed by atoms with Gasteiger partial charge in [-0.25, -0.2) is 0 Å². The van der Waals surface area contributed by atoms with Crippen LogP contribution in [0.25, 0.3) is 0 Å². The first-order chi connectivity index (χ1) is 7.65. The Morgan fingerprint density at radius 2 is 1.94 bits per heavy atom. The Hall–Kier alpha value is 0.405. The smallest absolute Gasteiger partial charge is 0.858 e. The summed E-state index contributed by atoms with van der Waals surface area (Å²) in [4.78, 5) is 0. The van der Waals surface area contributed by atoms with Gasteiger partial charge in [-0.2, -0.15) is 5.11 Å². The first-order valence-corrected chi connectivity index (χ1v) is 4.62. The van der Waals surface area contributed by atoms with Gasteiger partial charge >= 0.3 is 59.1 Å². The summed E-state index contributed by atoms with van der Waals surface area (Å²) >= 11 is 0. The predicted octanol–water partition coefficient (Wildman–Crippen LogP) is -6.40. The van der Waals surface area contributed by atoms with Crippen molar-refractivity contribution in [3.05, 3.63) is 29.3 Å². The molecule has 0 fully saturated rings. The minimum Gasteiger partial charge on any atom is -0.858 e. The molecule has 9 heteroatoms. The summed E-state index contributed by atoms with van der Waals surface area (Å²) in [6, 6.07) is 5.57. The van der Waals surface area contributed by atoms with Crippen molar-refractivity contribution in [3.8, 4) is 5.75 Å². The molecule has 0 spiro atoms. The van der Waals surface area contributed by atoms with Gasteiger partial charge in [0.25, 0.3) is 0 Å². The maximum atomic E-state index is 9.96. The van der Waals surface area contributed by atoms with Crippen LogP contribution in [0.1, 0.15) is 11.1 Å². The van der Waals surface area contributed by atoms with Crippen molar-refractivity contribution in [1.82, 2.24) is 0 Å². The fourth-order valence-electron chi connectivity index (χ4n) is 1.31. The molecule has 18 heavy (non-hydrogen) atoms. The Labute approximate surface area is 150 Å². The molecule has 0 radical (unpaired) electrons. The van der Waals surface area contributed by atoms with Crippen LogP contribution in [0, 0.1) is 6.92 Å². The summed E-state index contributed by atoms with van der Waals surface area (Å²) in [6.45, 7) is 2.10. The SMILES string of the molecule is COc1c(C)cccc1CN=NOB([O-])[O-].[Na+].[Na+]. The van der Waals surface area contributed by atoms with Gasteiger partial charge in [-0.1, -0.05) is 18.2 Å². The third kappa shape index (κ3) is 7.11. The third-order valence-corrected chi connectivity index (χ3v) is 1.93. The molecule has 0 aliphatic carbocycles. The van der Waals surface area contributed by atoms with E-state index in [1.165, 1.54) is 0 Å². The molecule has 6 nitrogen and oxygen atoms in total. The zero-order valence-corrected chi connectivity index (χ0v) is 15.0. The van der Waals surface area contributed by atoms with Crippen LogP contribution in [0.5, 0.6) is 5.75 Å². The van der Waals surface area contributed by atoms with E-state index >= 15 is 0 Å². The summed E-state index contributed by atoms with van der Waals surface area (Å²) in [5.41, 5.74) is 1.78. The molecule has 0 saturated carbocycles. The number of para-hydroxylation sites is 1. The molecule has 0 aliphatic rings. The topological polar surface area (TPSA) is 89.3 Å². The molecular weight excluding hydrogens is 257 g/mol. The summed E-state index contributed by atoms with van der Waals surface area (Å²) in [5.74, 6) is 0.710. The Kier molecular flexibility index (Phi) is 12.9. The van der Waals surface area contributed by atoms with Crippen molar-refractivity contribution in [3.63, 3.8) is 0 Å². The fraction of sp³-hybridized carbons (Fsp3) is 0.333. The predicted molar refractivity (Wildman–Crippen MR) is 53.1 cm³/mol. The number of ether oxygens (including phenoxy) is 1. The van der Waals surface area contributed by atoms with E-state index in [1.54, 1.807) is 7.11 Å². The minimum absolute atomic E-state index is 0. The van der Waals surface area contributed by atoms with E-state index in [9.17, 15) is 10.0 Å². The molecule has 1 aromatic rings. The number of hydrogen-bond acceptors (Lipinski definition) is 6. The molecule has 1 rings (SSSR count). The van der Waals surface area contributed by atoms with Crippen LogP contribution >= 0.6 is 0 Å². The van der Waals surface area contributed by atoms with E-state index in [0.29, 0.717) is 5.75 Å². The van der Waals surface area contributed by atoms with Crippen molar-refractivity contribution in [1.29, 1.82) is 0 Å². The standard InChI is InChI=1S/C9H11BN2O4.2Na/c1-7-4-3-5-8(9(7)15-2)6-11-12-16-10(13)14;;/h3-5H,6H2,1-2H3;;/q-2;2*+1. The number of methoxy groups -OCH3 is 1. The van der Waals surface area contributed by atoms with Crippen LogP contribution < -0.4 is 73.9 Å². The molecule has 0 heterocycles. The Balaban J connectivity index is 0. The third-order valence-electron chi connectivity index (χ3n) is 1.93. The second kappa shape index (κ2) is 11.2. The van der Waals surface area contributed by atoms with Crippen LogP contribution in [0.15, 0.2) is 28.6 Å². The van der Waals surface area contributed by atoms with E-state index < -0.39 is 7.32 Å². The van der Waals surface area contributed by atoms with Gasteiger partial charge in [0.2, 0.25) is 0 Å². The van der Waals surface area contributed by atoms with Gasteiger partial charge in [0.05, 0.1) is 13.7 Å². The molecule has 0 saturated heterocycles. The quantitative estimate of drug-likeness (QED) is 0.302. The zero-order chi connectivity index (χ0) is 12.0. The summed E-state index contributed by atoms with van der Waals surface area (Å²) in [6.07, 6.45) is 0. The molecule has 0 amide bonds. The molecular formula is C9H11BN2Na2O4. The summed E-state index contributed by atoms with van der Waals surface area (Å²) in [7, 11) is -0.881. The van der Waals surface area contributed by atoms with Gasteiger partial charge in [0, 0.05) is 5.56 Å². The monoisotopic (exact) mass is 268 g/mol. The fourth-order valence-corrected chi connectivity index (χ4v) is 1.31. The maximum Gasteiger partial charge on any atom is 1.00 e. The van der Waals surface area contributed by atoms with Crippen LogP contribution in [-0.2, 0) is 11.3 Å². The second-order valence-electron chi connectivity index (χ2n) is 3.04. The van der Waals surface area contributed by atoms with Gasteiger partial charge in [0.15, 0.2) is 7.32 Å².